The molecule has 25 heavy (non-hydrogen) atoms. The van der Waals surface area contributed by atoms with Crippen LogP contribution < -0.4 is 5.46 Å². The van der Waals surface area contributed by atoms with Crippen LogP contribution in [-0.4, -0.2) is 18.8 Å². The highest BCUT2D eigenvalue weighted by Crippen LogP contribution is 2.26. The summed E-state index contributed by atoms with van der Waals surface area (Å²) in [6.07, 6.45) is 6.62. The van der Waals surface area contributed by atoms with Crippen LogP contribution in [0.15, 0.2) is 54.6 Å². The third-order valence-electron chi connectivity index (χ3n) is 4.36. The maximum absolute atomic E-state index is 6.10. The molecule has 0 aliphatic rings. The molecule has 0 N–H and O–H groups in total. The van der Waals surface area contributed by atoms with Crippen molar-refractivity contribution in [1.82, 2.24) is 0 Å². The third-order valence-corrected chi connectivity index (χ3v) is 6.84. The fourth-order valence-electron chi connectivity index (χ4n) is 2.79. The molecule has 0 spiro atoms. The predicted octanol–water partition coefficient (Wildman–Crippen LogP) is 5.99. The molecular weight excluding hydrogens is 339 g/mol. The molecule has 0 aliphatic heterocycles. The molecule has 0 saturated carbocycles. The topological polar surface area (TPSA) is 0 Å². The van der Waals surface area contributed by atoms with E-state index in [0.29, 0.717) is 0 Å². The Morgan fingerprint density at radius 1 is 0.880 bits per heavy atom. The van der Waals surface area contributed by atoms with E-state index in [0.717, 1.165) is 22.2 Å². The Balaban J connectivity index is 1.75. The maximum Gasteiger partial charge on any atom is 0.114 e. The van der Waals surface area contributed by atoms with Crippen LogP contribution >= 0.6 is 23.5 Å². The normalized spacial score (nSPS) is 12.2. The second kappa shape index (κ2) is 12.5. The fourth-order valence-corrected chi connectivity index (χ4v) is 5.25. The highest BCUT2D eigenvalue weighted by atomic mass is 32.2. The average Bonchev–Trinajstić information content (AvgIpc) is 2.65. The first-order valence-electron chi connectivity index (χ1n) is 9.36. The van der Waals surface area contributed by atoms with Gasteiger partial charge < -0.3 is 0 Å². The van der Waals surface area contributed by atoms with Crippen molar-refractivity contribution in [3.63, 3.8) is 0 Å². The molecule has 1 atom stereocenters. The summed E-state index contributed by atoms with van der Waals surface area (Å²) >= 11 is 4.15. The molecule has 0 fully saturated rings. The van der Waals surface area contributed by atoms with Crippen LogP contribution in [0.4, 0.5) is 0 Å². The van der Waals surface area contributed by atoms with E-state index in [1.165, 1.54) is 49.0 Å². The Labute approximate surface area is 164 Å². The molecule has 0 saturated heterocycles. The second-order valence-electron chi connectivity index (χ2n) is 6.45. The Kier molecular flexibility index (Phi) is 10.3. The minimum absolute atomic E-state index is 0.745. The lowest BCUT2D eigenvalue weighted by Crippen LogP contribution is -2.11. The summed E-state index contributed by atoms with van der Waals surface area (Å²) in [7, 11) is 6.10. The molecule has 0 bridgehead atoms. The van der Waals surface area contributed by atoms with Gasteiger partial charge in [-0.25, -0.2) is 0 Å². The summed E-state index contributed by atoms with van der Waals surface area (Å²) in [5.74, 6) is 3.40. The first-order valence-corrected chi connectivity index (χ1v) is 11.6. The highest BCUT2D eigenvalue weighted by Gasteiger charge is 2.10. The van der Waals surface area contributed by atoms with Gasteiger partial charge in [-0.15, -0.1) is 0 Å². The van der Waals surface area contributed by atoms with E-state index in [9.17, 15) is 0 Å². The summed E-state index contributed by atoms with van der Waals surface area (Å²) in [4.78, 5) is 0. The van der Waals surface area contributed by atoms with Crippen molar-refractivity contribution in [2.45, 2.75) is 55.8 Å². The van der Waals surface area contributed by atoms with Gasteiger partial charge in [0.05, 0.1) is 0 Å². The molecule has 3 heteroatoms. The van der Waals surface area contributed by atoms with Crippen LogP contribution in [-0.2, 0) is 11.5 Å². The molecular formula is C22H29BS2. The van der Waals surface area contributed by atoms with Crippen molar-refractivity contribution in [2.75, 3.05) is 5.75 Å². The summed E-state index contributed by atoms with van der Waals surface area (Å²) in [5, 5.41) is 0.745. The smallest absolute Gasteiger partial charge is 0.114 e. The van der Waals surface area contributed by atoms with Crippen molar-refractivity contribution >= 4 is 36.8 Å². The summed E-state index contributed by atoms with van der Waals surface area (Å²) in [6.45, 7) is 2.28. The second-order valence-corrected chi connectivity index (χ2v) is 8.85. The molecule has 0 aromatic heterocycles. The van der Waals surface area contributed by atoms with Crippen molar-refractivity contribution in [3.8, 4) is 0 Å². The van der Waals surface area contributed by atoms with Gasteiger partial charge in [-0.1, -0.05) is 86.2 Å². The third kappa shape index (κ3) is 8.42. The van der Waals surface area contributed by atoms with Gasteiger partial charge in [-0.05, 0) is 29.7 Å². The van der Waals surface area contributed by atoms with Crippen molar-refractivity contribution in [3.05, 3.63) is 65.7 Å². The van der Waals surface area contributed by atoms with Gasteiger partial charge in [0.2, 0.25) is 0 Å². The lowest BCUT2D eigenvalue weighted by Gasteiger charge is -2.17. The first kappa shape index (κ1) is 20.5. The van der Waals surface area contributed by atoms with Gasteiger partial charge in [0.1, 0.15) is 7.85 Å². The molecule has 0 aliphatic carbocycles. The van der Waals surface area contributed by atoms with Crippen LogP contribution in [0.5, 0.6) is 0 Å². The van der Waals surface area contributed by atoms with Gasteiger partial charge in [-0.3, -0.25) is 0 Å². The Bertz CT molecular complexity index is 586. The van der Waals surface area contributed by atoms with Crippen LogP contribution in [0.3, 0.4) is 0 Å². The van der Waals surface area contributed by atoms with Gasteiger partial charge in [0.15, 0.2) is 0 Å². The number of hydrogen-bond donors (Lipinski definition) is 0. The fraction of sp³-hybridized carbons (Fsp3) is 0.455. The zero-order valence-corrected chi connectivity index (χ0v) is 17.0. The SMILES string of the molecule is [B]c1ccccc1CSC(CCCCC)CCSCc1ccccc1. The number of thioether (sulfide) groups is 2. The number of benzene rings is 2. The number of rotatable bonds is 12. The van der Waals surface area contributed by atoms with Gasteiger partial charge in [0, 0.05) is 16.8 Å². The van der Waals surface area contributed by atoms with E-state index < -0.39 is 0 Å². The molecule has 0 nitrogen and oxygen atoms in total. The quantitative estimate of drug-likeness (QED) is 0.334. The zero-order valence-electron chi connectivity index (χ0n) is 15.3. The van der Waals surface area contributed by atoms with Crippen LogP contribution in [0.2, 0.25) is 0 Å². The maximum atomic E-state index is 6.10. The van der Waals surface area contributed by atoms with E-state index in [4.69, 9.17) is 7.85 Å². The van der Waals surface area contributed by atoms with E-state index in [-0.39, 0.29) is 0 Å². The van der Waals surface area contributed by atoms with Gasteiger partial charge >= 0.3 is 0 Å². The lowest BCUT2D eigenvalue weighted by molar-refractivity contribution is 0.637. The first-order chi connectivity index (χ1) is 12.3. The standard InChI is InChI=1S/C22H29BS2/c1-2-3-5-13-21(25-18-20-12-8-9-14-22(20)23)15-16-24-17-19-10-6-4-7-11-19/h4,6-12,14,21H,2-3,5,13,15-18H2,1H3. The summed E-state index contributed by atoms with van der Waals surface area (Å²) in [5.41, 5.74) is 3.64. The number of hydrogen-bond acceptors (Lipinski definition) is 2. The molecule has 0 amide bonds. The van der Waals surface area contributed by atoms with Crippen LogP contribution in [0.1, 0.15) is 50.2 Å². The van der Waals surface area contributed by atoms with Gasteiger partial charge in [0.25, 0.3) is 0 Å². The average molecular weight is 368 g/mol. The molecule has 2 aromatic rings. The van der Waals surface area contributed by atoms with Crippen molar-refractivity contribution < 1.29 is 0 Å². The van der Waals surface area contributed by atoms with Crippen LogP contribution in [0.25, 0.3) is 0 Å². The highest BCUT2D eigenvalue weighted by molar-refractivity contribution is 7.99. The summed E-state index contributed by atoms with van der Waals surface area (Å²) < 4.78 is 0. The Morgan fingerprint density at radius 2 is 1.64 bits per heavy atom. The Hall–Kier alpha value is -0.795. The zero-order chi connectivity index (χ0) is 17.7. The Morgan fingerprint density at radius 3 is 2.40 bits per heavy atom. The van der Waals surface area contributed by atoms with Crippen molar-refractivity contribution in [2.24, 2.45) is 0 Å². The van der Waals surface area contributed by atoms with Crippen molar-refractivity contribution in [1.29, 1.82) is 0 Å². The number of unbranched alkanes of at least 4 members (excludes halogenated alkanes) is 2. The van der Waals surface area contributed by atoms with Gasteiger partial charge in [-0.2, -0.15) is 23.5 Å². The minimum Gasteiger partial charge on any atom is -0.157 e. The van der Waals surface area contributed by atoms with E-state index in [1.54, 1.807) is 0 Å². The minimum atomic E-state index is 0.745. The molecule has 2 rings (SSSR count). The predicted molar refractivity (Wildman–Crippen MR) is 118 cm³/mol. The molecule has 0 heterocycles. The summed E-state index contributed by atoms with van der Waals surface area (Å²) in [6, 6.07) is 19.1. The lowest BCUT2D eigenvalue weighted by atomic mass is 9.92. The molecule has 132 valence electrons. The van der Waals surface area contributed by atoms with E-state index >= 15 is 0 Å². The molecule has 2 radical (unpaired) electrons. The molecule has 1 unspecified atom stereocenters. The largest absolute Gasteiger partial charge is 0.157 e. The molecule has 2 aromatic carbocycles. The van der Waals surface area contributed by atoms with Crippen LogP contribution in [0, 0.1) is 0 Å². The van der Waals surface area contributed by atoms with E-state index in [1.807, 2.05) is 12.1 Å². The van der Waals surface area contributed by atoms with E-state index in [2.05, 4.69) is 72.9 Å². The monoisotopic (exact) mass is 368 g/mol.